The molecular weight excluding hydrogens is 510 g/mol. The van der Waals surface area contributed by atoms with Gasteiger partial charge in [-0.15, -0.1) is 0 Å². The van der Waals surface area contributed by atoms with Crippen molar-refractivity contribution in [2.45, 2.75) is 25.4 Å². The van der Waals surface area contributed by atoms with E-state index < -0.39 is 12.6 Å². The first-order chi connectivity index (χ1) is 6.61. The average Bonchev–Trinajstić information content (AvgIpc) is 2.04. The Morgan fingerprint density at radius 3 is 1.00 bits per heavy atom. The van der Waals surface area contributed by atoms with E-state index in [2.05, 4.69) is 0 Å². The molecule has 1 aliphatic rings. The minimum absolute atomic E-state index is 0. The van der Waals surface area contributed by atoms with Crippen molar-refractivity contribution in [2.24, 2.45) is 0 Å². The van der Waals surface area contributed by atoms with Gasteiger partial charge in [-0.25, -0.2) is 0 Å². The zero-order chi connectivity index (χ0) is 10.3. The number of aliphatic hydroxyl groups is 4. The van der Waals surface area contributed by atoms with Crippen molar-refractivity contribution < 1.29 is 120 Å². The minimum atomic E-state index is -1.48. The summed E-state index contributed by atoms with van der Waals surface area (Å²) in [6, 6.07) is 3.05. The number of benzene rings is 1. The summed E-state index contributed by atoms with van der Waals surface area (Å²) < 4.78 is 0. The summed E-state index contributed by atoms with van der Waals surface area (Å²) in [6.07, 6.45) is -1.42. The summed E-state index contributed by atoms with van der Waals surface area (Å²) in [5.41, 5.74) is 2.61. The molecule has 0 saturated carbocycles. The summed E-state index contributed by atoms with van der Waals surface area (Å²) in [4.78, 5) is 0. The first-order valence-corrected chi connectivity index (χ1v) is 4.48. The van der Waals surface area contributed by atoms with Crippen LogP contribution in [-0.2, 0) is 96.2 Å². The van der Waals surface area contributed by atoms with Gasteiger partial charge in [0.15, 0.2) is 12.6 Å². The number of fused-ring (bicyclic) bond motifs is 1. The van der Waals surface area contributed by atoms with Gasteiger partial charge in [0.05, 0.1) is 0 Å². The third kappa shape index (κ3) is 9.03. The van der Waals surface area contributed by atoms with Crippen LogP contribution >= 0.6 is 0 Å². The van der Waals surface area contributed by atoms with Crippen molar-refractivity contribution in [3.63, 3.8) is 0 Å². The predicted octanol–water partition coefficient (Wildman–Crippen LogP) is -3.65. The maximum Gasteiger partial charge on any atom is 0.178 e. The molecule has 0 aromatic heterocycles. The molecule has 0 fully saturated rings. The van der Waals surface area contributed by atoms with Gasteiger partial charge in [0.25, 0.3) is 0 Å². The van der Waals surface area contributed by atoms with Crippen LogP contribution in [0.4, 0.5) is 0 Å². The van der Waals surface area contributed by atoms with Gasteiger partial charge in [-0.3, -0.25) is 0 Å². The third-order valence-electron chi connectivity index (χ3n) is 2.68. The third-order valence-corrected chi connectivity index (χ3v) is 2.68. The molecule has 13 N–H and O–H groups in total. The van der Waals surface area contributed by atoms with Gasteiger partial charge >= 0.3 is 0 Å². The molecule has 0 spiro atoms. The van der Waals surface area contributed by atoms with Crippen LogP contribution in [0.5, 0.6) is 0 Å². The molecule has 1 aliphatic carbocycles. The Bertz CT molecular complexity index is 343. The first kappa shape index (κ1) is 43.7. The topological polar surface area (TPSA) is 208 Å². The van der Waals surface area contributed by atoms with E-state index >= 15 is 0 Å². The molecule has 22 heavy (non-hydrogen) atoms. The molecule has 0 amide bonds. The van der Waals surface area contributed by atoms with Crippen LogP contribution in [0.3, 0.4) is 0 Å². The van der Waals surface area contributed by atoms with Gasteiger partial charge in [-0.2, -0.15) is 0 Å². The zero-order valence-electron chi connectivity index (χ0n) is 12.4. The first-order valence-electron chi connectivity index (χ1n) is 4.48. The van der Waals surface area contributed by atoms with E-state index in [-0.39, 0.29) is 99.8 Å². The van der Waals surface area contributed by atoms with Crippen LogP contribution in [0.25, 0.3) is 0 Å². The van der Waals surface area contributed by atoms with Crippen molar-refractivity contribution in [1.82, 2.24) is 0 Å². The monoisotopic (exact) mass is 525 g/mol. The van der Waals surface area contributed by atoms with E-state index in [1.165, 1.54) is 12.1 Å². The molecule has 0 unspecified atom stereocenters. The fraction of sp³-hybridized carbons (Fsp3) is 0.400. The Morgan fingerprint density at radius 2 is 0.864 bits per heavy atom. The van der Waals surface area contributed by atoms with Crippen LogP contribution in [0, 0.1) is 0 Å². The van der Waals surface area contributed by atoms with Gasteiger partial charge in [-0.1, -0.05) is 12.1 Å². The molecule has 1 aromatic rings. The number of hydrogen-bond acceptors (Lipinski definition) is 4. The van der Waals surface area contributed by atoms with Crippen LogP contribution in [0.2, 0.25) is 0 Å². The summed E-state index contributed by atoms with van der Waals surface area (Å²) in [5.74, 6) is 0. The maximum atomic E-state index is 9.02. The Balaban J connectivity index is -0.0000000562. The minimum Gasteiger partial charge on any atom is -0.457 e. The van der Waals surface area contributed by atoms with Crippen molar-refractivity contribution in [1.29, 1.82) is 0 Å². The Labute approximate surface area is 179 Å². The molecule has 0 aliphatic heterocycles. The summed E-state index contributed by atoms with van der Waals surface area (Å²) in [6.45, 7) is 0. The summed E-state index contributed by atoms with van der Waals surface area (Å²) in [5, 5.41) is 36.1. The maximum absolute atomic E-state index is 9.02. The molecule has 0 bridgehead atoms. The molecule has 1 aromatic carbocycles. The van der Waals surface area contributed by atoms with Gasteiger partial charge in [0.2, 0.25) is 0 Å². The van der Waals surface area contributed by atoms with Crippen molar-refractivity contribution in [2.75, 3.05) is 0 Å². The fourth-order valence-electron chi connectivity index (χ4n) is 1.88. The van der Waals surface area contributed by atoms with Gasteiger partial charge in [0.1, 0.15) is 0 Å². The largest absolute Gasteiger partial charge is 0.457 e. The van der Waals surface area contributed by atoms with Crippen LogP contribution in [0.15, 0.2) is 12.1 Å². The summed E-state index contributed by atoms with van der Waals surface area (Å²) in [7, 11) is 0. The second-order valence-corrected chi connectivity index (χ2v) is 3.45. The van der Waals surface area contributed by atoms with Gasteiger partial charge in [0, 0.05) is 89.0 Å². The SMILES string of the molecule is O.O.O.OC(O)c1ccc(C(O)O)c2c1CC2.[OH3+].[Zn].[Zn].[Zn].[Zn]. The van der Waals surface area contributed by atoms with E-state index in [9.17, 15) is 0 Å². The van der Waals surface area contributed by atoms with Gasteiger partial charge < -0.3 is 42.3 Å². The smallest absolute Gasteiger partial charge is 0.178 e. The quantitative estimate of drug-likeness (QED) is 0.173. The molecule has 0 radical (unpaired) electrons. The molecule has 8 nitrogen and oxygen atoms in total. The van der Waals surface area contributed by atoms with Crippen molar-refractivity contribution in [3.8, 4) is 0 Å². The standard InChI is InChI=1S/C10H12O4.4H2O.4Zn/c11-9(12)7-3-4-8(10(13)14)6-2-1-5(6)7;;;;;;;;/h3-4,9-14H,1-2H2;4*1H2;;;;/p+1. The molecule has 0 heterocycles. The Morgan fingerprint density at radius 1 is 0.636 bits per heavy atom. The number of aliphatic hydroxyl groups excluding tert-OH is 2. The van der Waals surface area contributed by atoms with Crippen molar-refractivity contribution in [3.05, 3.63) is 34.4 Å². The summed E-state index contributed by atoms with van der Waals surface area (Å²) >= 11 is 0. The van der Waals surface area contributed by atoms with Crippen LogP contribution < -0.4 is 0 Å². The zero-order valence-corrected chi connectivity index (χ0v) is 24.3. The Kier molecular flexibility index (Phi) is 37.2. The predicted molar refractivity (Wildman–Crippen MR) is 63.9 cm³/mol. The van der Waals surface area contributed by atoms with Gasteiger partial charge in [-0.05, 0) is 24.0 Å². The van der Waals surface area contributed by atoms with Crippen molar-refractivity contribution >= 4 is 0 Å². The average molecular weight is 531 g/mol. The number of hydrogen-bond donors (Lipinski definition) is 4. The molecule has 12 heteroatoms. The second-order valence-electron chi connectivity index (χ2n) is 3.45. The van der Waals surface area contributed by atoms with E-state index in [1.54, 1.807) is 0 Å². The van der Waals surface area contributed by atoms with E-state index in [1.807, 2.05) is 0 Å². The van der Waals surface area contributed by atoms with E-state index in [0.717, 1.165) is 24.0 Å². The van der Waals surface area contributed by atoms with E-state index in [0.29, 0.717) is 11.1 Å². The number of rotatable bonds is 2. The Hall–Kier alpha value is 1.39. The molecule has 0 atom stereocenters. The fourth-order valence-corrected chi connectivity index (χ4v) is 1.88. The molecule has 2 rings (SSSR count). The van der Waals surface area contributed by atoms with Crippen LogP contribution in [0.1, 0.15) is 34.8 Å². The second kappa shape index (κ2) is 18.7. The van der Waals surface area contributed by atoms with E-state index in [4.69, 9.17) is 20.4 Å². The molecular formula is C10H21O8Zn4+. The molecule has 0 saturated heterocycles. The normalized spacial score (nSPS) is 9.18. The molecule has 116 valence electrons. The van der Waals surface area contributed by atoms with Crippen LogP contribution in [-0.4, -0.2) is 36.9 Å².